The topological polar surface area (TPSA) is 159 Å². The van der Waals surface area contributed by atoms with Gasteiger partial charge in [-0.2, -0.15) is 0 Å². The standard InChI is InChI=1S/C76H74N4O8.Zn/c1-73(2,3)45-25-17-41(18-26-45)61-57-33-34-58(77-57)62(42-19-27-46(28-20-42)74(4,5)6)67-51-39-55(71(83)87-15)56(72(84)88-16)40-52(51)68(80-67)64(44-23-31-48(32-24-44)76(10,11)12)60-36-35-59(78-60)63(43-21-29-47(30-22-43)75(7,8)9)66-50-38-54(70(82)86-14)53(69(81)85-13)37-49(50)65(61)79-66;/h17-40H,1-16H3,(H2,77,78,79,80,81,82,83,84);/q;+2/p-2. The molecule has 0 fully saturated rings. The van der Waals surface area contributed by atoms with E-state index in [1.807, 2.05) is 24.3 Å². The molecule has 0 N–H and O–H groups in total. The Morgan fingerprint density at radius 3 is 0.640 bits per heavy atom. The van der Waals surface area contributed by atoms with Gasteiger partial charge in [-0.15, -0.1) is 22.1 Å². The van der Waals surface area contributed by atoms with Crippen LogP contribution in [-0.4, -0.2) is 62.3 Å². The summed E-state index contributed by atoms with van der Waals surface area (Å²) in [7, 11) is 5.12. The van der Waals surface area contributed by atoms with Gasteiger partial charge in [-0.05, 0) is 113 Å². The maximum Gasteiger partial charge on any atom is 2.00 e. The number of rotatable bonds is 8. The molecule has 2 aliphatic heterocycles. The second-order valence-electron chi connectivity index (χ2n) is 26.7. The summed E-state index contributed by atoms with van der Waals surface area (Å²) >= 11 is 0. The average molecular weight is 1230 g/mol. The number of carbonyl (C=O) groups is 4. The van der Waals surface area contributed by atoms with Gasteiger partial charge in [0.05, 0.1) is 73.5 Å². The average Bonchev–Trinajstić information content (AvgIpc) is 1.63. The van der Waals surface area contributed by atoms with E-state index < -0.39 is 23.9 Å². The van der Waals surface area contributed by atoms with Gasteiger partial charge < -0.3 is 28.9 Å². The Kier molecular flexibility index (Phi) is 16.6. The molecule has 0 aliphatic carbocycles. The second-order valence-corrected chi connectivity index (χ2v) is 26.7. The molecule has 5 heterocycles. The van der Waals surface area contributed by atoms with Crippen molar-refractivity contribution in [2.75, 3.05) is 28.4 Å². The number of carbonyl (C=O) groups excluding carboxylic acids is 4. The number of fused-ring (bicyclic) bond motifs is 14. The molecule has 446 valence electrons. The molecule has 12 nitrogen and oxygen atoms in total. The molecule has 0 amide bonds. The van der Waals surface area contributed by atoms with E-state index in [-0.39, 0.29) is 63.4 Å². The molecule has 6 aromatic carbocycles. The maximum atomic E-state index is 14.1. The Bertz CT molecular complexity index is 3940. The van der Waals surface area contributed by atoms with Crippen LogP contribution in [0.5, 0.6) is 0 Å². The van der Waals surface area contributed by atoms with Crippen molar-refractivity contribution in [3.8, 4) is 89.5 Å². The largest absolute Gasteiger partial charge is 2.00 e. The van der Waals surface area contributed by atoms with Crippen LogP contribution in [-0.2, 0) is 60.1 Å². The van der Waals surface area contributed by atoms with E-state index in [0.29, 0.717) is 89.4 Å². The van der Waals surface area contributed by atoms with Crippen LogP contribution in [0.3, 0.4) is 0 Å². The minimum absolute atomic E-state index is 0. The van der Waals surface area contributed by atoms with Crippen molar-refractivity contribution in [2.24, 2.45) is 0 Å². The normalized spacial score (nSPS) is 12.1. The molecule has 13 heteroatoms. The van der Waals surface area contributed by atoms with Crippen molar-refractivity contribution in [3.63, 3.8) is 0 Å². The first-order valence-electron chi connectivity index (χ1n) is 29.5. The van der Waals surface area contributed by atoms with Gasteiger partial charge in [0.2, 0.25) is 0 Å². The van der Waals surface area contributed by atoms with Gasteiger partial charge in [-0.25, -0.2) is 29.1 Å². The molecule has 0 saturated carbocycles. The Labute approximate surface area is 533 Å². The fraction of sp³-hybridized carbons (Fsp3) is 0.263. The predicted molar refractivity (Wildman–Crippen MR) is 350 cm³/mol. The zero-order valence-electron chi connectivity index (χ0n) is 53.6. The Morgan fingerprint density at radius 2 is 0.483 bits per heavy atom. The van der Waals surface area contributed by atoms with E-state index in [2.05, 4.69) is 180 Å². The molecule has 3 aromatic heterocycles. The second kappa shape index (κ2) is 23.5. The number of benzene rings is 6. The zero-order chi connectivity index (χ0) is 63.1. The van der Waals surface area contributed by atoms with E-state index in [4.69, 9.17) is 38.9 Å². The van der Waals surface area contributed by atoms with Crippen LogP contribution >= 0.6 is 0 Å². The van der Waals surface area contributed by atoms with Crippen molar-refractivity contribution in [1.29, 1.82) is 0 Å². The van der Waals surface area contributed by atoms with E-state index >= 15 is 0 Å². The van der Waals surface area contributed by atoms with Gasteiger partial charge in [0.25, 0.3) is 0 Å². The summed E-state index contributed by atoms with van der Waals surface area (Å²) in [6.07, 6.45) is 0. The molecule has 0 atom stereocenters. The number of hydrogen-bond donors (Lipinski definition) is 0. The smallest absolute Gasteiger partial charge is 0.657 e. The minimum atomic E-state index is -0.735. The van der Waals surface area contributed by atoms with Crippen LogP contribution in [0, 0.1) is 0 Å². The van der Waals surface area contributed by atoms with Crippen LogP contribution in [0.1, 0.15) is 147 Å². The first kappa shape index (κ1) is 63.0. The summed E-state index contributed by atoms with van der Waals surface area (Å²) in [5.41, 5.74) is 15.4. The van der Waals surface area contributed by atoms with Crippen molar-refractivity contribution in [3.05, 3.63) is 190 Å². The van der Waals surface area contributed by atoms with Crippen molar-refractivity contribution in [1.82, 2.24) is 19.9 Å². The molecular weight excluding hydrogens is 1160 g/mol. The van der Waals surface area contributed by atoms with Crippen molar-refractivity contribution in [2.45, 2.75) is 105 Å². The maximum absolute atomic E-state index is 14.1. The molecule has 0 unspecified atom stereocenters. The van der Waals surface area contributed by atoms with Gasteiger partial charge in [0.15, 0.2) is 0 Å². The van der Waals surface area contributed by atoms with Crippen LogP contribution in [0.15, 0.2) is 146 Å². The summed E-state index contributed by atoms with van der Waals surface area (Å²) in [5.74, 6) is -2.94. The molecule has 89 heavy (non-hydrogen) atoms. The molecule has 8 bridgehead atoms. The third kappa shape index (κ3) is 11.6. The van der Waals surface area contributed by atoms with Gasteiger partial charge in [0, 0.05) is 22.3 Å². The summed E-state index contributed by atoms with van der Waals surface area (Å²) in [5, 5.41) is 0. The van der Waals surface area contributed by atoms with E-state index in [1.165, 1.54) is 28.4 Å². The third-order valence-electron chi connectivity index (χ3n) is 16.8. The molecule has 2 aliphatic rings. The summed E-state index contributed by atoms with van der Waals surface area (Å²) < 4.78 is 21.6. The van der Waals surface area contributed by atoms with Gasteiger partial charge in [-0.3, -0.25) is 0 Å². The van der Waals surface area contributed by atoms with E-state index in [1.54, 1.807) is 24.3 Å². The van der Waals surface area contributed by atoms with Crippen LogP contribution in [0.2, 0.25) is 0 Å². The number of methoxy groups -OCH3 is 4. The number of hydrogen-bond acceptors (Lipinski definition) is 10. The predicted octanol–water partition coefficient (Wildman–Crippen LogP) is 17.2. The molecule has 0 radical (unpaired) electrons. The monoisotopic (exact) mass is 1230 g/mol. The first-order chi connectivity index (χ1) is 41.6. The Balaban J connectivity index is 0.00000873. The first-order valence-corrected chi connectivity index (χ1v) is 29.5. The molecule has 9 aromatic rings. The number of ether oxygens (including phenoxy) is 4. The number of nitrogens with zero attached hydrogens (tertiary/aromatic N) is 4. The SMILES string of the molecule is COC(=O)c1cc2c(cc1C(=O)OC)-c1nc-2c(-c2ccc(C(C)(C)C)cc2)c2ccc([n-]2)c(-c2ccc(C(C)(C)C)cc2)c2nc(c(-c3ccc(C(C)(C)C)cc3)c3ccc([n-]3)c1-c1ccc(C(C)(C)C)cc1)-c1cc(C(=O)OC)c(C(=O)OC)cc1-2.[Zn+2]. The summed E-state index contributed by atoms with van der Waals surface area (Å²) in [6.45, 7) is 26.0. The van der Waals surface area contributed by atoms with Crippen molar-refractivity contribution < 1.29 is 57.6 Å². The molecule has 11 rings (SSSR count). The quantitative estimate of drug-likeness (QED) is 0.0806. The van der Waals surface area contributed by atoms with Gasteiger partial charge in [-0.1, -0.05) is 204 Å². The van der Waals surface area contributed by atoms with Crippen LogP contribution in [0.25, 0.3) is 112 Å². The van der Waals surface area contributed by atoms with Crippen LogP contribution < -0.4 is 9.97 Å². The van der Waals surface area contributed by atoms with Crippen LogP contribution in [0.4, 0.5) is 0 Å². The number of aromatic nitrogens is 4. The van der Waals surface area contributed by atoms with Crippen molar-refractivity contribution >= 4 is 45.9 Å². The Hall–Kier alpha value is -9.06. The zero-order valence-corrected chi connectivity index (χ0v) is 56.6. The molecular formula is C76H72N4O8Zn. The Morgan fingerprint density at radius 1 is 0.303 bits per heavy atom. The van der Waals surface area contributed by atoms with Gasteiger partial charge >= 0.3 is 43.4 Å². The molecule has 0 saturated heterocycles. The molecule has 0 spiro atoms. The fourth-order valence-corrected chi connectivity index (χ4v) is 11.8. The van der Waals surface area contributed by atoms with E-state index in [9.17, 15) is 19.2 Å². The van der Waals surface area contributed by atoms with Gasteiger partial charge in [0.1, 0.15) is 0 Å². The summed E-state index contributed by atoms with van der Waals surface area (Å²) in [6, 6.07) is 48.0. The number of esters is 4. The van der Waals surface area contributed by atoms with E-state index in [0.717, 1.165) is 44.5 Å². The minimum Gasteiger partial charge on any atom is -0.657 e. The summed E-state index contributed by atoms with van der Waals surface area (Å²) in [4.78, 5) is 79.1. The fourth-order valence-electron chi connectivity index (χ4n) is 11.8. The third-order valence-corrected chi connectivity index (χ3v) is 16.8.